The number of hydrogen-bond acceptors (Lipinski definition) is 8. The van der Waals surface area contributed by atoms with Crippen LogP contribution in [-0.4, -0.2) is 42.0 Å². The lowest BCUT2D eigenvalue weighted by atomic mass is 10.2. The Morgan fingerprint density at radius 2 is 1.90 bits per heavy atom. The highest BCUT2D eigenvalue weighted by molar-refractivity contribution is 7.89. The lowest BCUT2D eigenvalue weighted by molar-refractivity contribution is 0.0438. The Labute approximate surface area is 178 Å². The van der Waals surface area contributed by atoms with E-state index in [2.05, 4.69) is 10.2 Å². The van der Waals surface area contributed by atoms with Crippen LogP contribution in [0.25, 0.3) is 10.8 Å². The fraction of sp³-hybridized carbons (Fsp3) is 0.350. The van der Waals surface area contributed by atoms with Gasteiger partial charge in [0.25, 0.3) is 11.8 Å². The molecule has 10 heteroatoms. The van der Waals surface area contributed by atoms with Crippen LogP contribution < -0.4 is 0 Å². The molecule has 4 rings (SSSR count). The lowest BCUT2D eigenvalue weighted by Gasteiger charge is -2.20. The van der Waals surface area contributed by atoms with Gasteiger partial charge in [-0.2, -0.15) is 4.31 Å². The summed E-state index contributed by atoms with van der Waals surface area (Å²) in [5.74, 6) is -0.125. The van der Waals surface area contributed by atoms with E-state index in [0.717, 1.165) is 30.6 Å². The number of carbonyl (C=O) groups excluding carboxylic acids is 1. The number of thiophene rings is 1. The summed E-state index contributed by atoms with van der Waals surface area (Å²) >= 11 is 1.46. The molecule has 8 nitrogen and oxygen atoms in total. The summed E-state index contributed by atoms with van der Waals surface area (Å²) in [5, 5.41) is 9.70. The van der Waals surface area contributed by atoms with Gasteiger partial charge in [0.15, 0.2) is 6.61 Å². The van der Waals surface area contributed by atoms with E-state index in [1.807, 2.05) is 17.5 Å². The van der Waals surface area contributed by atoms with Gasteiger partial charge in [0.2, 0.25) is 10.0 Å². The molecule has 0 atom stereocenters. The first-order chi connectivity index (χ1) is 14.5. The van der Waals surface area contributed by atoms with Gasteiger partial charge in [-0.15, -0.1) is 21.5 Å². The molecule has 0 saturated carbocycles. The molecule has 1 aromatic carbocycles. The van der Waals surface area contributed by atoms with E-state index in [1.165, 1.54) is 33.8 Å². The minimum Gasteiger partial charge on any atom is -0.452 e. The zero-order valence-corrected chi connectivity index (χ0v) is 17.8. The molecule has 0 unspecified atom stereocenters. The van der Waals surface area contributed by atoms with E-state index < -0.39 is 16.0 Å². The maximum Gasteiger partial charge on any atom is 0.338 e. The van der Waals surface area contributed by atoms with Crippen LogP contribution in [0.4, 0.5) is 0 Å². The number of ether oxygens (including phenoxy) is 1. The summed E-state index contributed by atoms with van der Waals surface area (Å²) in [4.78, 5) is 13.4. The van der Waals surface area contributed by atoms with Crippen LogP contribution in [0.15, 0.2) is 51.1 Å². The summed E-state index contributed by atoms with van der Waals surface area (Å²) in [6, 6.07) is 9.65. The second kappa shape index (κ2) is 9.07. The van der Waals surface area contributed by atoms with E-state index in [-0.39, 0.29) is 23.0 Å². The predicted molar refractivity (Wildman–Crippen MR) is 110 cm³/mol. The number of esters is 1. The molecule has 3 aromatic rings. The molecule has 0 spiro atoms. The first-order valence-electron chi connectivity index (χ1n) is 9.67. The molecule has 1 fully saturated rings. The van der Waals surface area contributed by atoms with Crippen molar-refractivity contribution in [3.63, 3.8) is 0 Å². The third-order valence-corrected chi connectivity index (χ3v) is 7.55. The smallest absolute Gasteiger partial charge is 0.338 e. The van der Waals surface area contributed by atoms with Gasteiger partial charge in [0.05, 0.1) is 15.3 Å². The van der Waals surface area contributed by atoms with Crippen molar-refractivity contribution in [2.45, 2.75) is 37.2 Å². The summed E-state index contributed by atoms with van der Waals surface area (Å²) < 4.78 is 38.1. The number of hydrogen-bond donors (Lipinski definition) is 0. The topological polar surface area (TPSA) is 103 Å². The van der Waals surface area contributed by atoms with Gasteiger partial charge in [0, 0.05) is 13.1 Å². The Bertz CT molecular complexity index is 1100. The maximum atomic E-state index is 13.0. The summed E-state index contributed by atoms with van der Waals surface area (Å²) in [6.07, 6.45) is 3.75. The molecule has 2 aromatic heterocycles. The van der Waals surface area contributed by atoms with E-state index >= 15 is 0 Å². The molecule has 0 amide bonds. The Balaban J connectivity index is 1.43. The van der Waals surface area contributed by atoms with Crippen molar-refractivity contribution >= 4 is 27.3 Å². The zero-order chi connectivity index (χ0) is 21.0. The van der Waals surface area contributed by atoms with Crippen molar-refractivity contribution in [2.75, 3.05) is 13.1 Å². The van der Waals surface area contributed by atoms with Gasteiger partial charge in [-0.05, 0) is 42.5 Å². The highest BCUT2D eigenvalue weighted by Crippen LogP contribution is 2.24. The number of sulfonamides is 1. The molecule has 1 aliphatic rings. The van der Waals surface area contributed by atoms with Crippen molar-refractivity contribution in [3.05, 3.63) is 53.2 Å². The Morgan fingerprint density at radius 1 is 1.10 bits per heavy atom. The first kappa shape index (κ1) is 20.7. The summed E-state index contributed by atoms with van der Waals surface area (Å²) in [6.45, 7) is 0.807. The van der Waals surface area contributed by atoms with Crippen molar-refractivity contribution < 1.29 is 22.4 Å². The fourth-order valence-electron chi connectivity index (χ4n) is 3.24. The molecule has 0 radical (unpaired) electrons. The zero-order valence-electron chi connectivity index (χ0n) is 16.2. The van der Waals surface area contributed by atoms with Crippen LogP contribution in [0.5, 0.6) is 0 Å². The second-order valence-electron chi connectivity index (χ2n) is 6.90. The number of aromatic nitrogens is 2. The van der Waals surface area contributed by atoms with Crippen molar-refractivity contribution in [1.29, 1.82) is 0 Å². The van der Waals surface area contributed by atoms with Gasteiger partial charge in [-0.3, -0.25) is 0 Å². The molecule has 0 bridgehead atoms. The first-order valence-corrected chi connectivity index (χ1v) is 12.0. The normalized spacial score (nSPS) is 15.6. The average Bonchev–Trinajstić information content (AvgIpc) is 3.38. The molecular weight excluding hydrogens is 426 g/mol. The SMILES string of the molecule is O=C(OCc1nnc(-c2cccs2)o1)c1cccc(S(=O)(=O)N2CCCCCC2)c1. The van der Waals surface area contributed by atoms with Crippen LogP contribution in [0.1, 0.15) is 41.9 Å². The monoisotopic (exact) mass is 447 g/mol. The largest absolute Gasteiger partial charge is 0.452 e. The minimum atomic E-state index is -3.64. The Hall–Kier alpha value is -2.56. The molecule has 0 N–H and O–H groups in total. The number of nitrogens with zero attached hydrogens (tertiary/aromatic N) is 3. The fourth-order valence-corrected chi connectivity index (χ4v) is 5.44. The third kappa shape index (κ3) is 4.61. The van der Waals surface area contributed by atoms with Crippen LogP contribution in [0.3, 0.4) is 0 Å². The standard InChI is InChI=1S/C20H21N3O5S2/c24-20(27-14-18-21-22-19(28-18)17-9-6-12-29-17)15-7-5-8-16(13-15)30(25,26)23-10-3-1-2-4-11-23/h5-9,12-13H,1-4,10-11,14H2. The molecule has 0 aliphatic carbocycles. The molecular formula is C20H21N3O5S2. The molecule has 3 heterocycles. The van der Waals surface area contributed by atoms with E-state index in [0.29, 0.717) is 19.0 Å². The third-order valence-electron chi connectivity index (χ3n) is 4.80. The van der Waals surface area contributed by atoms with E-state index in [1.54, 1.807) is 6.07 Å². The summed E-state index contributed by atoms with van der Waals surface area (Å²) in [7, 11) is -3.64. The van der Waals surface area contributed by atoms with Gasteiger partial charge in [0.1, 0.15) is 0 Å². The number of rotatable bonds is 6. The number of carbonyl (C=O) groups is 1. The van der Waals surface area contributed by atoms with Crippen molar-refractivity contribution in [2.24, 2.45) is 0 Å². The molecule has 1 aliphatic heterocycles. The van der Waals surface area contributed by atoms with E-state index in [9.17, 15) is 13.2 Å². The van der Waals surface area contributed by atoms with E-state index in [4.69, 9.17) is 9.15 Å². The quantitative estimate of drug-likeness (QED) is 0.531. The Morgan fingerprint density at radius 3 is 2.63 bits per heavy atom. The van der Waals surface area contributed by atoms with Crippen LogP contribution >= 0.6 is 11.3 Å². The second-order valence-corrected chi connectivity index (χ2v) is 9.79. The highest BCUT2D eigenvalue weighted by Gasteiger charge is 2.26. The average molecular weight is 448 g/mol. The van der Waals surface area contributed by atoms with Crippen LogP contribution in [-0.2, 0) is 21.4 Å². The highest BCUT2D eigenvalue weighted by atomic mass is 32.2. The number of benzene rings is 1. The lowest BCUT2D eigenvalue weighted by Crippen LogP contribution is -2.32. The molecule has 158 valence electrons. The van der Waals surface area contributed by atoms with Gasteiger partial charge >= 0.3 is 5.97 Å². The van der Waals surface area contributed by atoms with Crippen molar-refractivity contribution in [3.8, 4) is 10.8 Å². The molecule has 1 saturated heterocycles. The van der Waals surface area contributed by atoms with Crippen LogP contribution in [0, 0.1) is 0 Å². The van der Waals surface area contributed by atoms with Gasteiger partial charge < -0.3 is 9.15 Å². The predicted octanol–water partition coefficient (Wildman–Crippen LogP) is 3.72. The minimum absolute atomic E-state index is 0.0941. The maximum absolute atomic E-state index is 13.0. The Kier molecular flexibility index (Phi) is 6.26. The van der Waals surface area contributed by atoms with Gasteiger partial charge in [-0.1, -0.05) is 25.0 Å². The van der Waals surface area contributed by atoms with Crippen LogP contribution in [0.2, 0.25) is 0 Å². The summed E-state index contributed by atoms with van der Waals surface area (Å²) in [5.41, 5.74) is 0.156. The molecule has 30 heavy (non-hydrogen) atoms. The van der Waals surface area contributed by atoms with Crippen molar-refractivity contribution in [1.82, 2.24) is 14.5 Å². The van der Waals surface area contributed by atoms with Gasteiger partial charge in [-0.25, -0.2) is 13.2 Å².